The molecule has 0 bridgehead atoms. The topological polar surface area (TPSA) is 61.8 Å². The van der Waals surface area contributed by atoms with Crippen LogP contribution in [0.5, 0.6) is 0 Å². The number of carbonyl (C=O) groups excluding carboxylic acids is 1. The summed E-state index contributed by atoms with van der Waals surface area (Å²) in [5.41, 5.74) is 0.624. The number of nitrogens with one attached hydrogen (secondary N) is 1. The van der Waals surface area contributed by atoms with E-state index >= 15 is 0 Å². The summed E-state index contributed by atoms with van der Waals surface area (Å²) in [6.07, 6.45) is 6.27. The summed E-state index contributed by atoms with van der Waals surface area (Å²) in [6, 6.07) is -0.0624. The van der Waals surface area contributed by atoms with Crippen molar-refractivity contribution in [3.05, 3.63) is 11.1 Å². The highest BCUT2D eigenvalue weighted by Gasteiger charge is 2.62. The molecule has 0 aromatic rings. The molecule has 0 radical (unpaired) electrons. The van der Waals surface area contributed by atoms with Gasteiger partial charge >= 0.3 is 6.09 Å². The maximum absolute atomic E-state index is 13.1. The second-order valence-corrected chi connectivity index (χ2v) is 12.4. The molecule has 3 aliphatic rings. The molecule has 2 fully saturated rings. The molecule has 3 rings (SSSR count). The van der Waals surface area contributed by atoms with Crippen molar-refractivity contribution in [3.63, 3.8) is 0 Å². The molecule has 1 amide bonds. The van der Waals surface area contributed by atoms with Gasteiger partial charge in [-0.05, 0) is 98.8 Å². The largest absolute Gasteiger partial charge is 0.438 e. The summed E-state index contributed by atoms with van der Waals surface area (Å²) in [7, 11) is 0. The zero-order valence-electron chi connectivity index (χ0n) is 20.7. The van der Waals surface area contributed by atoms with Crippen molar-refractivity contribution in [2.24, 2.45) is 5.41 Å². The van der Waals surface area contributed by atoms with Gasteiger partial charge < -0.3 is 15.2 Å². The van der Waals surface area contributed by atoms with Gasteiger partial charge in [-0.2, -0.15) is 0 Å². The van der Waals surface area contributed by atoms with Crippen LogP contribution in [0, 0.1) is 5.41 Å². The lowest BCUT2D eigenvalue weighted by Gasteiger charge is -2.51. The molecule has 2 aliphatic heterocycles. The zero-order chi connectivity index (χ0) is 22.8. The van der Waals surface area contributed by atoms with Crippen LogP contribution in [0.2, 0.25) is 0 Å². The van der Waals surface area contributed by atoms with Crippen molar-refractivity contribution < 1.29 is 14.6 Å². The SMILES string of the molecule is CC1=C(CC[C@@]2(C)OC(=O)N(C3CC(C)(C)NC(C)(C)C3)[C@@]2(C)O)C(C)(C)CCC1. The van der Waals surface area contributed by atoms with Gasteiger partial charge in [-0.3, -0.25) is 4.90 Å². The number of hydrogen-bond acceptors (Lipinski definition) is 4. The van der Waals surface area contributed by atoms with Crippen molar-refractivity contribution in [1.29, 1.82) is 0 Å². The molecule has 0 spiro atoms. The van der Waals surface area contributed by atoms with E-state index in [9.17, 15) is 9.90 Å². The molecule has 2 saturated heterocycles. The van der Waals surface area contributed by atoms with Crippen LogP contribution in [-0.4, -0.2) is 44.5 Å². The van der Waals surface area contributed by atoms with Gasteiger partial charge in [-0.1, -0.05) is 25.0 Å². The number of nitrogens with zero attached hydrogens (tertiary/aromatic N) is 1. The Morgan fingerprint density at radius 3 is 2.17 bits per heavy atom. The van der Waals surface area contributed by atoms with Crippen molar-refractivity contribution in [2.45, 2.75) is 136 Å². The first-order chi connectivity index (χ1) is 13.5. The molecule has 0 saturated carbocycles. The minimum atomic E-state index is -1.34. The Labute approximate surface area is 183 Å². The number of cyclic esters (lactones) is 1. The predicted molar refractivity (Wildman–Crippen MR) is 121 cm³/mol. The van der Waals surface area contributed by atoms with Crippen LogP contribution < -0.4 is 5.32 Å². The van der Waals surface area contributed by atoms with Gasteiger partial charge in [0.2, 0.25) is 0 Å². The minimum absolute atomic E-state index is 0.0624. The summed E-state index contributed by atoms with van der Waals surface area (Å²) in [4.78, 5) is 14.7. The van der Waals surface area contributed by atoms with E-state index in [1.807, 2.05) is 6.92 Å². The van der Waals surface area contributed by atoms with Crippen LogP contribution in [0.3, 0.4) is 0 Å². The van der Waals surface area contributed by atoms with E-state index in [1.165, 1.54) is 24.0 Å². The maximum Gasteiger partial charge on any atom is 0.413 e. The smallest absolute Gasteiger partial charge is 0.413 e. The Morgan fingerprint density at radius 2 is 1.63 bits per heavy atom. The maximum atomic E-state index is 13.1. The van der Waals surface area contributed by atoms with Gasteiger partial charge in [0, 0.05) is 17.1 Å². The molecule has 0 aromatic carbocycles. The van der Waals surface area contributed by atoms with Crippen molar-refractivity contribution in [3.8, 4) is 0 Å². The molecule has 5 nitrogen and oxygen atoms in total. The first kappa shape index (κ1) is 23.6. The number of aliphatic hydroxyl groups is 1. The van der Waals surface area contributed by atoms with E-state index in [0.29, 0.717) is 6.42 Å². The zero-order valence-corrected chi connectivity index (χ0v) is 20.7. The normalized spacial score (nSPS) is 36.2. The number of hydrogen-bond donors (Lipinski definition) is 2. The van der Waals surface area contributed by atoms with Gasteiger partial charge in [0.05, 0.1) is 0 Å². The lowest BCUT2D eigenvalue weighted by Crippen LogP contribution is -2.66. The van der Waals surface area contributed by atoms with E-state index in [2.05, 4.69) is 53.8 Å². The van der Waals surface area contributed by atoms with E-state index in [0.717, 1.165) is 25.7 Å². The summed E-state index contributed by atoms with van der Waals surface area (Å²) in [5.74, 6) is 0. The Hall–Kier alpha value is -1.07. The average molecular weight is 421 g/mol. The molecule has 2 N–H and O–H groups in total. The number of piperidine rings is 1. The summed E-state index contributed by atoms with van der Waals surface area (Å²) < 4.78 is 5.95. The number of rotatable bonds is 4. The lowest BCUT2D eigenvalue weighted by atomic mass is 9.70. The quantitative estimate of drug-likeness (QED) is 0.588. The molecule has 172 valence electrons. The third-order valence-electron chi connectivity index (χ3n) is 8.05. The van der Waals surface area contributed by atoms with Gasteiger partial charge in [-0.15, -0.1) is 0 Å². The predicted octanol–water partition coefficient (Wildman–Crippen LogP) is 5.52. The molecule has 0 aromatic heterocycles. The standard InChI is InChI=1S/C25H44N2O3/c1-17-11-10-13-21(2,3)19(17)12-14-24(8)25(9,29)27(20(28)30-24)18-15-22(4,5)26-23(6,7)16-18/h18,26,29H,10-16H2,1-9H3/t24-,25+/m1/s1. The van der Waals surface area contributed by atoms with Crippen molar-refractivity contribution in [1.82, 2.24) is 10.2 Å². The van der Waals surface area contributed by atoms with E-state index < -0.39 is 11.3 Å². The third kappa shape index (κ3) is 4.17. The Morgan fingerprint density at radius 1 is 1.07 bits per heavy atom. The van der Waals surface area contributed by atoms with E-state index in [-0.39, 0.29) is 28.6 Å². The second-order valence-electron chi connectivity index (χ2n) is 12.4. The number of allylic oxidation sites excluding steroid dienone is 2. The highest BCUT2D eigenvalue weighted by atomic mass is 16.6. The minimum Gasteiger partial charge on any atom is -0.438 e. The van der Waals surface area contributed by atoms with Crippen molar-refractivity contribution in [2.75, 3.05) is 0 Å². The lowest BCUT2D eigenvalue weighted by molar-refractivity contribution is -0.154. The fourth-order valence-corrected chi connectivity index (χ4v) is 6.60. The monoisotopic (exact) mass is 420 g/mol. The number of amides is 1. The molecule has 1 aliphatic carbocycles. The van der Waals surface area contributed by atoms with Crippen LogP contribution in [0.4, 0.5) is 4.79 Å². The number of carbonyl (C=O) groups is 1. The Balaban J connectivity index is 1.83. The first-order valence-corrected chi connectivity index (χ1v) is 11.7. The fourth-order valence-electron chi connectivity index (χ4n) is 6.60. The Bertz CT molecular complexity index is 719. The summed E-state index contributed by atoms with van der Waals surface area (Å²) in [5, 5.41) is 15.4. The molecule has 30 heavy (non-hydrogen) atoms. The second kappa shape index (κ2) is 7.23. The highest BCUT2D eigenvalue weighted by molar-refractivity contribution is 5.72. The average Bonchev–Trinajstić information content (AvgIpc) is 2.67. The molecule has 2 atom stereocenters. The fraction of sp³-hybridized carbons (Fsp3) is 0.880. The van der Waals surface area contributed by atoms with Gasteiger partial charge in [0.1, 0.15) is 0 Å². The van der Waals surface area contributed by atoms with Crippen molar-refractivity contribution >= 4 is 6.09 Å². The van der Waals surface area contributed by atoms with Gasteiger partial charge in [0.25, 0.3) is 0 Å². The van der Waals surface area contributed by atoms with Crippen LogP contribution in [0.15, 0.2) is 11.1 Å². The van der Waals surface area contributed by atoms with Crippen LogP contribution in [0.25, 0.3) is 0 Å². The van der Waals surface area contributed by atoms with Crippen LogP contribution >= 0.6 is 0 Å². The first-order valence-electron chi connectivity index (χ1n) is 11.7. The van der Waals surface area contributed by atoms with Gasteiger partial charge in [-0.25, -0.2) is 4.79 Å². The third-order valence-corrected chi connectivity index (χ3v) is 8.05. The molecular formula is C25H44N2O3. The van der Waals surface area contributed by atoms with Crippen LogP contribution in [-0.2, 0) is 4.74 Å². The molecular weight excluding hydrogens is 376 g/mol. The molecule has 0 unspecified atom stereocenters. The van der Waals surface area contributed by atoms with Gasteiger partial charge in [0.15, 0.2) is 11.3 Å². The van der Waals surface area contributed by atoms with E-state index in [4.69, 9.17) is 4.74 Å². The van der Waals surface area contributed by atoms with E-state index in [1.54, 1.807) is 11.8 Å². The summed E-state index contributed by atoms with van der Waals surface area (Å²) in [6.45, 7) is 19.2. The highest BCUT2D eigenvalue weighted by Crippen LogP contribution is 2.48. The number of ether oxygens (including phenoxy) is 1. The molecule has 5 heteroatoms. The Kier molecular flexibility index (Phi) is 5.69. The van der Waals surface area contributed by atoms with Crippen LogP contribution in [0.1, 0.15) is 107 Å². The summed E-state index contributed by atoms with van der Waals surface area (Å²) >= 11 is 0. The molecule has 2 heterocycles.